The molecular weight excluding hydrogens is 352 g/mol. The minimum atomic E-state index is 0.211. The van der Waals surface area contributed by atoms with Crippen molar-refractivity contribution in [2.24, 2.45) is 5.92 Å². The molecule has 0 unspecified atom stereocenters. The van der Waals surface area contributed by atoms with Crippen molar-refractivity contribution in [3.8, 4) is 0 Å². The lowest BCUT2D eigenvalue weighted by Gasteiger charge is -2.36. The van der Waals surface area contributed by atoms with Gasteiger partial charge >= 0.3 is 0 Å². The average Bonchev–Trinajstić information content (AvgIpc) is 2.70. The van der Waals surface area contributed by atoms with Crippen molar-refractivity contribution in [3.05, 3.63) is 29.8 Å². The molecule has 2 saturated heterocycles. The van der Waals surface area contributed by atoms with Crippen LogP contribution in [0.15, 0.2) is 24.3 Å². The Hall–Kier alpha value is -1.63. The van der Waals surface area contributed by atoms with E-state index in [0.717, 1.165) is 45.3 Å². The summed E-state index contributed by atoms with van der Waals surface area (Å²) in [6, 6.07) is 8.42. The van der Waals surface area contributed by atoms with Gasteiger partial charge in [0.25, 0.3) is 0 Å². The molecule has 2 aliphatic rings. The Bertz CT molecular complexity index is 605. The molecule has 2 aliphatic heterocycles. The topological polar surface area (TPSA) is 39.3 Å². The summed E-state index contributed by atoms with van der Waals surface area (Å²) in [6.45, 7) is 8.34. The molecule has 0 radical (unpaired) electrons. The van der Waals surface area contributed by atoms with Crippen molar-refractivity contribution in [1.82, 2.24) is 14.7 Å². The van der Waals surface area contributed by atoms with Crippen molar-refractivity contribution >= 4 is 11.6 Å². The second-order valence-corrected chi connectivity index (χ2v) is 8.44. The number of carbonyl (C=O) groups excluding carboxylic acids is 1. The molecule has 0 bridgehead atoms. The second kappa shape index (κ2) is 10.2. The van der Waals surface area contributed by atoms with Crippen molar-refractivity contribution in [2.75, 3.05) is 78.5 Å². The van der Waals surface area contributed by atoms with Crippen LogP contribution in [0.25, 0.3) is 0 Å². The van der Waals surface area contributed by atoms with E-state index in [1.165, 1.54) is 30.6 Å². The maximum Gasteiger partial charge on any atom is 0.236 e. The van der Waals surface area contributed by atoms with Crippen LogP contribution in [0.1, 0.15) is 18.4 Å². The van der Waals surface area contributed by atoms with E-state index in [4.69, 9.17) is 4.74 Å². The molecule has 1 amide bonds. The van der Waals surface area contributed by atoms with Gasteiger partial charge in [-0.05, 0) is 49.5 Å². The molecular formula is C22H36N4O2. The van der Waals surface area contributed by atoms with Crippen molar-refractivity contribution < 1.29 is 9.53 Å². The smallest absolute Gasteiger partial charge is 0.236 e. The molecule has 6 heteroatoms. The third kappa shape index (κ3) is 6.19. The molecule has 0 saturated carbocycles. The van der Waals surface area contributed by atoms with Crippen LogP contribution in [0, 0.1) is 5.92 Å². The average molecular weight is 389 g/mol. The first-order chi connectivity index (χ1) is 13.5. The number of hydrogen-bond donors (Lipinski definition) is 0. The van der Waals surface area contributed by atoms with Gasteiger partial charge in [0.2, 0.25) is 5.91 Å². The van der Waals surface area contributed by atoms with Gasteiger partial charge in [-0.25, -0.2) is 0 Å². The Morgan fingerprint density at radius 1 is 1.00 bits per heavy atom. The van der Waals surface area contributed by atoms with Crippen molar-refractivity contribution in [2.45, 2.75) is 19.4 Å². The summed E-state index contributed by atoms with van der Waals surface area (Å²) in [6.07, 6.45) is 2.39. The highest BCUT2D eigenvalue weighted by atomic mass is 16.5. The van der Waals surface area contributed by atoms with Gasteiger partial charge in [0, 0.05) is 53.0 Å². The van der Waals surface area contributed by atoms with E-state index in [9.17, 15) is 4.79 Å². The van der Waals surface area contributed by atoms with Gasteiger partial charge < -0.3 is 14.5 Å². The molecule has 0 aliphatic carbocycles. The number of hydrogen-bond acceptors (Lipinski definition) is 5. The molecule has 0 aromatic heterocycles. The van der Waals surface area contributed by atoms with E-state index < -0.39 is 0 Å². The van der Waals surface area contributed by atoms with Gasteiger partial charge in [-0.3, -0.25) is 14.6 Å². The summed E-state index contributed by atoms with van der Waals surface area (Å²) in [5.74, 6) is 0.973. The van der Waals surface area contributed by atoms with Crippen LogP contribution >= 0.6 is 0 Å². The van der Waals surface area contributed by atoms with E-state index >= 15 is 0 Å². The maximum atomic E-state index is 12.6. The number of ether oxygens (including phenoxy) is 1. The fourth-order valence-electron chi connectivity index (χ4n) is 4.05. The molecule has 28 heavy (non-hydrogen) atoms. The van der Waals surface area contributed by atoms with E-state index in [0.29, 0.717) is 13.1 Å². The summed E-state index contributed by atoms with van der Waals surface area (Å²) in [4.78, 5) is 21.4. The fraction of sp³-hybridized carbons (Fsp3) is 0.682. The largest absolute Gasteiger partial charge is 0.379 e. The Balaban J connectivity index is 1.38. The molecule has 0 N–H and O–H groups in total. The lowest BCUT2D eigenvalue weighted by atomic mass is 9.96. The van der Waals surface area contributed by atoms with Gasteiger partial charge in [0.1, 0.15) is 0 Å². The van der Waals surface area contributed by atoms with Crippen LogP contribution in [-0.2, 0) is 16.1 Å². The third-order valence-electron chi connectivity index (χ3n) is 5.98. The van der Waals surface area contributed by atoms with Crippen molar-refractivity contribution in [1.29, 1.82) is 0 Å². The van der Waals surface area contributed by atoms with E-state index in [1.54, 1.807) is 0 Å². The van der Waals surface area contributed by atoms with Crippen molar-refractivity contribution in [3.63, 3.8) is 0 Å². The number of benzene rings is 1. The predicted octanol–water partition coefficient (Wildman–Crippen LogP) is 1.76. The lowest BCUT2D eigenvalue weighted by Crippen LogP contribution is -2.45. The van der Waals surface area contributed by atoms with E-state index in [1.807, 2.05) is 26.0 Å². The summed E-state index contributed by atoms with van der Waals surface area (Å²) >= 11 is 0. The molecule has 1 aromatic carbocycles. The number of carbonyl (C=O) groups is 1. The fourth-order valence-corrected chi connectivity index (χ4v) is 4.05. The van der Waals surface area contributed by atoms with Crippen LogP contribution in [0.3, 0.4) is 0 Å². The van der Waals surface area contributed by atoms with E-state index in [-0.39, 0.29) is 5.91 Å². The monoisotopic (exact) mass is 388 g/mol. The van der Waals surface area contributed by atoms with Gasteiger partial charge in [0.05, 0.1) is 19.8 Å². The normalized spacial score (nSPS) is 19.5. The summed E-state index contributed by atoms with van der Waals surface area (Å²) in [5.41, 5.74) is 2.35. The second-order valence-electron chi connectivity index (χ2n) is 8.44. The molecule has 2 heterocycles. The third-order valence-corrected chi connectivity index (χ3v) is 5.98. The number of likely N-dealkylation sites (N-methyl/N-ethyl adjacent to an activating group) is 1. The highest BCUT2D eigenvalue weighted by molar-refractivity contribution is 5.78. The van der Waals surface area contributed by atoms with E-state index in [2.05, 4.69) is 39.0 Å². The number of rotatable bonds is 7. The van der Waals surface area contributed by atoms with Crippen LogP contribution < -0.4 is 4.90 Å². The zero-order valence-electron chi connectivity index (χ0n) is 17.8. The summed E-state index contributed by atoms with van der Waals surface area (Å²) in [5, 5.41) is 0. The number of morpholine rings is 1. The van der Waals surface area contributed by atoms with Crippen LogP contribution in [0.5, 0.6) is 0 Å². The standard InChI is InChI=1S/C22H36N4O2/c1-23(2)21-6-4-19(5-7-21)16-24(3)22(27)18-25-10-8-20(9-11-25)17-26-12-14-28-15-13-26/h4-7,20H,8-18H2,1-3H3. The first-order valence-corrected chi connectivity index (χ1v) is 10.5. The number of anilines is 1. The number of amides is 1. The zero-order chi connectivity index (χ0) is 19.9. The lowest BCUT2D eigenvalue weighted by molar-refractivity contribution is -0.132. The van der Waals surface area contributed by atoms with Crippen LogP contribution in [0.4, 0.5) is 5.69 Å². The molecule has 3 rings (SSSR count). The summed E-state index contributed by atoms with van der Waals surface area (Å²) < 4.78 is 5.44. The first kappa shape index (κ1) is 21.1. The molecule has 6 nitrogen and oxygen atoms in total. The van der Waals surface area contributed by atoms with Crippen LogP contribution in [-0.4, -0.2) is 94.2 Å². The Morgan fingerprint density at radius 3 is 2.25 bits per heavy atom. The van der Waals surface area contributed by atoms with Gasteiger partial charge in [0.15, 0.2) is 0 Å². The van der Waals surface area contributed by atoms with Gasteiger partial charge in [-0.2, -0.15) is 0 Å². The Labute approximate surface area is 170 Å². The van der Waals surface area contributed by atoms with Gasteiger partial charge in [-0.15, -0.1) is 0 Å². The number of nitrogens with zero attached hydrogens (tertiary/aromatic N) is 4. The highest BCUT2D eigenvalue weighted by Crippen LogP contribution is 2.19. The number of piperidine rings is 1. The quantitative estimate of drug-likeness (QED) is 0.712. The minimum Gasteiger partial charge on any atom is -0.379 e. The molecule has 156 valence electrons. The SMILES string of the molecule is CN(Cc1ccc(N(C)C)cc1)C(=O)CN1CCC(CN2CCOCC2)CC1. The van der Waals surface area contributed by atoms with Gasteiger partial charge in [-0.1, -0.05) is 12.1 Å². The highest BCUT2D eigenvalue weighted by Gasteiger charge is 2.24. The number of likely N-dealkylation sites (tertiary alicyclic amines) is 1. The maximum absolute atomic E-state index is 12.6. The Morgan fingerprint density at radius 2 is 1.64 bits per heavy atom. The Kier molecular flexibility index (Phi) is 7.71. The van der Waals surface area contributed by atoms with Crippen LogP contribution in [0.2, 0.25) is 0 Å². The zero-order valence-corrected chi connectivity index (χ0v) is 17.8. The first-order valence-electron chi connectivity index (χ1n) is 10.5. The minimum absolute atomic E-state index is 0.211. The molecule has 0 atom stereocenters. The summed E-state index contributed by atoms with van der Waals surface area (Å²) in [7, 11) is 5.98. The molecule has 1 aromatic rings. The molecule has 2 fully saturated rings. The molecule has 0 spiro atoms. The predicted molar refractivity (Wildman–Crippen MR) is 114 cm³/mol.